The minimum absolute atomic E-state index is 0.144. The van der Waals surface area contributed by atoms with Crippen molar-refractivity contribution >= 4 is 70.8 Å². The molecule has 0 unspecified atom stereocenters. The molecule has 76 heavy (non-hydrogen) atoms. The first-order valence-electron chi connectivity index (χ1n) is 23.2. The van der Waals surface area contributed by atoms with E-state index in [0.717, 1.165) is 26.2 Å². The second-order valence-corrected chi connectivity index (χ2v) is 17.8. The van der Waals surface area contributed by atoms with E-state index in [9.17, 15) is 28.8 Å². The third kappa shape index (κ3) is 13.7. The highest BCUT2D eigenvalue weighted by molar-refractivity contribution is 6.30. The molecule has 0 saturated carbocycles. The van der Waals surface area contributed by atoms with Crippen LogP contribution in [0.4, 0.5) is 21.2 Å². The zero-order chi connectivity index (χ0) is 54.5. The number of piperazine rings is 2. The molecule has 4 aliphatic rings. The van der Waals surface area contributed by atoms with Gasteiger partial charge in [-0.05, 0) is 49.5 Å². The molecule has 2 fully saturated rings. The third-order valence-corrected chi connectivity index (χ3v) is 12.2. The molecule has 4 N–H and O–H groups in total. The van der Waals surface area contributed by atoms with Crippen molar-refractivity contribution in [2.45, 2.75) is 24.7 Å². The lowest BCUT2D eigenvalue weighted by Gasteiger charge is -2.33. The second kappa shape index (κ2) is 25.8. The molecule has 26 heteroatoms. The maximum Gasteiger partial charge on any atom is 0.412 e. The van der Waals surface area contributed by atoms with Crippen LogP contribution in [0.15, 0.2) is 122 Å². The van der Waals surface area contributed by atoms with Crippen LogP contribution in [0.2, 0.25) is 10.0 Å². The molecule has 0 bridgehead atoms. The molecule has 0 spiro atoms. The fourth-order valence-electron chi connectivity index (χ4n) is 7.63. The molecule has 10 rings (SSSR count). The van der Waals surface area contributed by atoms with Gasteiger partial charge in [-0.15, -0.1) is 0 Å². The fraction of sp³-hybridized carbons (Fsp3) is 0.280. The predicted molar refractivity (Wildman–Crippen MR) is 271 cm³/mol. The third-order valence-electron chi connectivity index (χ3n) is 11.8. The van der Waals surface area contributed by atoms with Crippen LogP contribution in [0.1, 0.15) is 68.2 Å². The Labute approximate surface area is 444 Å². The molecular formula is C50H50Cl2N12O12. The van der Waals surface area contributed by atoms with Gasteiger partial charge in [0.15, 0.2) is 23.6 Å². The van der Waals surface area contributed by atoms with Gasteiger partial charge in [0.1, 0.15) is 23.0 Å². The highest BCUT2D eigenvalue weighted by Gasteiger charge is 2.46. The molecule has 0 radical (unpaired) electrons. The lowest BCUT2D eigenvalue weighted by Crippen LogP contribution is -2.48. The van der Waals surface area contributed by atoms with Gasteiger partial charge in [-0.2, -0.15) is 0 Å². The van der Waals surface area contributed by atoms with Crippen molar-refractivity contribution in [3.63, 3.8) is 0 Å². The summed E-state index contributed by atoms with van der Waals surface area (Å²) < 4.78 is 11.4. The molecule has 24 nitrogen and oxygen atoms in total. The number of aliphatic hydroxyl groups excluding tert-OH is 2. The van der Waals surface area contributed by atoms with Crippen molar-refractivity contribution in [3.05, 3.63) is 166 Å². The van der Waals surface area contributed by atoms with Gasteiger partial charge in [-0.3, -0.25) is 19.6 Å². The summed E-state index contributed by atoms with van der Waals surface area (Å²) in [6.45, 7) is 5.28. The fourth-order valence-corrected chi connectivity index (χ4v) is 7.86. The number of hydrogen-bond acceptors (Lipinski definition) is 18. The normalized spacial score (nSPS) is 17.8. The summed E-state index contributed by atoms with van der Waals surface area (Å²) in [4.78, 5) is 107. The maximum atomic E-state index is 12.8. The van der Waals surface area contributed by atoms with Crippen LogP contribution < -0.4 is 9.80 Å². The number of rotatable bonds is 8. The Kier molecular flexibility index (Phi) is 18.8. The number of carboxylic acids is 2. The van der Waals surface area contributed by atoms with Crippen LogP contribution in [-0.4, -0.2) is 172 Å². The standard InChI is InChI=1S/2C17H17ClN6O3.2C8H8O3/c2*1-22-6-8-23(9-7-22)17(26)27-16-14-13(19-4-5-20-14)15(25)24(16)12-3-2-11(18)10-21-12;2*9-7(8(10)11)6-4-2-1-3-5-6/h2*2-5,10,16H,6-9H2,1H3;2*1-5,7,9H,(H,10,11)/t2*16-;2*7-/m0011/s1. The van der Waals surface area contributed by atoms with E-state index in [0.29, 0.717) is 70.4 Å². The number of aliphatic hydroxyl groups is 2. The first-order valence-corrected chi connectivity index (χ1v) is 24.0. The van der Waals surface area contributed by atoms with Gasteiger partial charge in [-0.25, -0.2) is 48.9 Å². The minimum atomic E-state index is -1.41. The molecule has 4 atom stereocenters. The lowest BCUT2D eigenvalue weighted by atomic mass is 10.1. The Hall–Kier alpha value is -8.26. The summed E-state index contributed by atoms with van der Waals surface area (Å²) in [5.41, 5.74) is 1.68. The van der Waals surface area contributed by atoms with Crippen LogP contribution in [0.3, 0.4) is 0 Å². The van der Waals surface area contributed by atoms with Crippen LogP contribution in [-0.2, 0) is 19.1 Å². The molecule has 2 saturated heterocycles. The van der Waals surface area contributed by atoms with E-state index < -0.39 is 60.6 Å². The van der Waals surface area contributed by atoms with E-state index in [2.05, 4.69) is 39.7 Å². The first-order chi connectivity index (χ1) is 36.5. The molecule has 0 aliphatic carbocycles. The molecule has 4 aromatic heterocycles. The smallest absolute Gasteiger partial charge is 0.412 e. The molecule has 8 heterocycles. The number of carbonyl (C=O) groups excluding carboxylic acids is 4. The number of carboxylic acid groups (broad SMARTS) is 2. The first kappa shape index (κ1) is 55.5. The monoisotopic (exact) mass is 1080 g/mol. The van der Waals surface area contributed by atoms with E-state index in [-0.39, 0.29) is 11.4 Å². The number of aliphatic carboxylic acids is 2. The van der Waals surface area contributed by atoms with Crippen molar-refractivity contribution in [1.82, 2.24) is 49.5 Å². The Morgan fingerprint density at radius 2 is 0.855 bits per heavy atom. The number of likely N-dealkylation sites (N-methyl/N-ethyl adjacent to an activating group) is 2. The van der Waals surface area contributed by atoms with E-state index in [4.69, 9.17) is 53.1 Å². The van der Waals surface area contributed by atoms with Crippen molar-refractivity contribution in [2.24, 2.45) is 0 Å². The van der Waals surface area contributed by atoms with Gasteiger partial charge in [0.2, 0.25) is 12.5 Å². The van der Waals surface area contributed by atoms with Crippen LogP contribution in [0, 0.1) is 0 Å². The minimum Gasteiger partial charge on any atom is -0.479 e. The molecular weight excluding hydrogens is 1030 g/mol. The Balaban J connectivity index is 0.000000160. The quantitative estimate of drug-likeness (QED) is 0.160. The number of fused-ring (bicyclic) bond motifs is 2. The zero-order valence-electron chi connectivity index (χ0n) is 40.7. The number of benzene rings is 2. The van der Waals surface area contributed by atoms with Crippen molar-refractivity contribution in [2.75, 3.05) is 76.3 Å². The average Bonchev–Trinajstić information content (AvgIpc) is 3.90. The number of pyridine rings is 2. The van der Waals surface area contributed by atoms with Gasteiger partial charge in [-0.1, -0.05) is 83.9 Å². The van der Waals surface area contributed by atoms with Crippen molar-refractivity contribution in [1.29, 1.82) is 0 Å². The lowest BCUT2D eigenvalue weighted by molar-refractivity contribution is -0.147. The topological polar surface area (TPSA) is 299 Å². The Bertz CT molecular complexity index is 2770. The van der Waals surface area contributed by atoms with Gasteiger partial charge in [0, 0.05) is 89.5 Å². The molecule has 6 aromatic rings. The van der Waals surface area contributed by atoms with Crippen molar-refractivity contribution < 1.29 is 58.7 Å². The highest BCUT2D eigenvalue weighted by atomic mass is 35.5. The number of anilines is 2. The Morgan fingerprint density at radius 3 is 1.17 bits per heavy atom. The number of carbonyl (C=O) groups is 6. The van der Waals surface area contributed by atoms with Crippen LogP contribution in [0.25, 0.3) is 0 Å². The number of nitrogens with zero attached hydrogens (tertiary/aromatic N) is 12. The molecule has 4 aliphatic heterocycles. The maximum absolute atomic E-state index is 12.8. The van der Waals surface area contributed by atoms with E-state index >= 15 is 0 Å². The molecule has 4 amide bonds. The van der Waals surface area contributed by atoms with Crippen LogP contribution >= 0.6 is 23.2 Å². The SMILES string of the molecule is CN1CCN(C(=O)O[C@H]2c3nccnc3C(=O)N2c2ccc(Cl)cn2)CC1.CN1CCN(C(=O)O[C@H]2c3nccnc3C(=O)N2c2ccc(Cl)cn2)CC1.O=C(O)[C@H](O)c1ccccc1.O=C(O)[C@H](O)c1ccccc1. The average molecular weight is 1080 g/mol. The Morgan fingerprint density at radius 1 is 0.513 bits per heavy atom. The highest BCUT2D eigenvalue weighted by Crippen LogP contribution is 2.37. The summed E-state index contributed by atoms with van der Waals surface area (Å²) in [5.74, 6) is -2.69. The number of aromatic nitrogens is 6. The molecule has 2 aromatic carbocycles. The van der Waals surface area contributed by atoms with Gasteiger partial charge >= 0.3 is 24.1 Å². The summed E-state index contributed by atoms with van der Waals surface area (Å²) in [6.07, 6.45) is 2.75. The number of amides is 4. The summed E-state index contributed by atoms with van der Waals surface area (Å²) >= 11 is 11.8. The summed E-state index contributed by atoms with van der Waals surface area (Å²) in [5, 5.41) is 35.6. The number of halogens is 2. The van der Waals surface area contributed by atoms with Gasteiger partial charge in [0.05, 0.1) is 10.0 Å². The summed E-state index contributed by atoms with van der Waals surface area (Å²) in [7, 11) is 4.00. The predicted octanol–water partition coefficient (Wildman–Crippen LogP) is 4.75. The van der Waals surface area contributed by atoms with E-state index in [1.807, 2.05) is 14.1 Å². The van der Waals surface area contributed by atoms with Gasteiger partial charge < -0.3 is 49.5 Å². The van der Waals surface area contributed by atoms with E-state index in [1.54, 1.807) is 94.7 Å². The van der Waals surface area contributed by atoms with Crippen molar-refractivity contribution in [3.8, 4) is 0 Å². The largest absolute Gasteiger partial charge is 0.479 e. The van der Waals surface area contributed by atoms with Gasteiger partial charge in [0.25, 0.3) is 11.8 Å². The van der Waals surface area contributed by atoms with Crippen LogP contribution in [0.5, 0.6) is 0 Å². The number of ether oxygens (including phenoxy) is 2. The van der Waals surface area contributed by atoms with E-state index in [1.165, 1.54) is 47.0 Å². The zero-order valence-corrected chi connectivity index (χ0v) is 42.2. The number of hydrogen-bond donors (Lipinski definition) is 4. The second-order valence-electron chi connectivity index (χ2n) is 17.0. The molecule has 396 valence electrons. The summed E-state index contributed by atoms with van der Waals surface area (Å²) in [6, 6.07) is 22.9.